The molecule has 0 spiro atoms. The Bertz CT molecular complexity index is 109. The van der Waals surface area contributed by atoms with Crippen molar-refractivity contribution in [2.75, 3.05) is 0 Å². The Labute approximate surface area is 121 Å². The van der Waals surface area contributed by atoms with E-state index in [-0.39, 0.29) is 21.6 Å². The molecule has 0 aromatic heterocycles. The predicted molar refractivity (Wildman–Crippen MR) is 82.1 cm³/mol. The molecule has 0 aliphatic carbocycles. The first-order valence-electron chi connectivity index (χ1n) is 8.05. The fourth-order valence-electron chi connectivity index (χ4n) is 2.12. The fourth-order valence-corrected chi connectivity index (χ4v) is 5.31. The molecule has 0 bridgehead atoms. The third-order valence-electron chi connectivity index (χ3n) is 3.34. The van der Waals surface area contributed by atoms with Gasteiger partial charge in [0.15, 0.2) is 0 Å². The average molecular weight is 348 g/mol. The predicted octanol–water partition coefficient (Wildman–Crippen LogP) is 6.25. The first-order valence-corrected chi connectivity index (χ1v) is 11.7. The molecular weight excluding hydrogens is 314 g/mol. The summed E-state index contributed by atoms with van der Waals surface area (Å²) in [7, 11) is 0. The van der Waals surface area contributed by atoms with Gasteiger partial charge in [0.2, 0.25) is 0 Å². The Morgan fingerprint density at radius 1 is 0.471 bits per heavy atom. The molecule has 1 heteroatoms. The van der Waals surface area contributed by atoms with Crippen molar-refractivity contribution in [1.82, 2.24) is 0 Å². The van der Waals surface area contributed by atoms with Gasteiger partial charge in [0.1, 0.15) is 0 Å². The van der Waals surface area contributed by atoms with E-state index in [2.05, 4.69) is 13.8 Å². The van der Waals surface area contributed by atoms with Crippen LogP contribution in [0.5, 0.6) is 0 Å². The molecule has 17 heavy (non-hydrogen) atoms. The van der Waals surface area contributed by atoms with Crippen LogP contribution in [0.2, 0.25) is 8.73 Å². The number of hydrogen-bond acceptors (Lipinski definition) is 0. The van der Waals surface area contributed by atoms with Crippen LogP contribution < -0.4 is 0 Å². The van der Waals surface area contributed by atoms with Gasteiger partial charge in [-0.25, -0.2) is 0 Å². The van der Waals surface area contributed by atoms with E-state index >= 15 is 0 Å². The standard InChI is InChI=1S/2C8H17.Sb/c2*1-3-5-7-8-6-4-2;/h2*1,3-8H2,2H3;. The van der Waals surface area contributed by atoms with Crippen molar-refractivity contribution >= 4 is 21.6 Å². The van der Waals surface area contributed by atoms with Crippen LogP contribution in [-0.2, 0) is 0 Å². The monoisotopic (exact) mass is 347 g/mol. The topological polar surface area (TPSA) is 0 Å². The molecule has 103 valence electrons. The van der Waals surface area contributed by atoms with E-state index in [0.717, 1.165) is 0 Å². The van der Waals surface area contributed by atoms with E-state index in [1.165, 1.54) is 64.2 Å². The molecule has 0 aliphatic rings. The Hall–Kier alpha value is 0.818. The zero-order chi connectivity index (χ0) is 12.6. The van der Waals surface area contributed by atoms with Crippen molar-refractivity contribution in [3.05, 3.63) is 0 Å². The van der Waals surface area contributed by atoms with Crippen LogP contribution in [0.4, 0.5) is 0 Å². The molecule has 0 heterocycles. The van der Waals surface area contributed by atoms with Crippen molar-refractivity contribution in [3.8, 4) is 0 Å². The van der Waals surface area contributed by atoms with E-state index in [1.54, 1.807) is 21.6 Å². The van der Waals surface area contributed by atoms with Crippen LogP contribution in [0, 0.1) is 0 Å². The van der Waals surface area contributed by atoms with Crippen LogP contribution in [0.15, 0.2) is 0 Å². The third-order valence-corrected chi connectivity index (χ3v) is 6.95. The summed E-state index contributed by atoms with van der Waals surface area (Å²) in [4.78, 5) is 0. The Balaban J connectivity index is 2.85. The van der Waals surface area contributed by atoms with Crippen molar-refractivity contribution in [1.29, 1.82) is 0 Å². The zero-order valence-electron chi connectivity index (χ0n) is 12.3. The molecule has 0 rings (SSSR count). The second-order valence-electron chi connectivity index (χ2n) is 5.21. The summed E-state index contributed by atoms with van der Waals surface area (Å²) in [5.74, 6) is 0. The molecule has 0 unspecified atom stereocenters. The van der Waals surface area contributed by atoms with Crippen LogP contribution in [0.3, 0.4) is 0 Å². The number of rotatable bonds is 14. The van der Waals surface area contributed by atoms with Crippen LogP contribution in [-0.4, -0.2) is 21.6 Å². The minimum absolute atomic E-state index is 0.240. The second-order valence-corrected chi connectivity index (χ2v) is 9.04. The van der Waals surface area contributed by atoms with E-state index in [9.17, 15) is 0 Å². The van der Waals surface area contributed by atoms with Crippen LogP contribution in [0.25, 0.3) is 0 Å². The van der Waals surface area contributed by atoms with Gasteiger partial charge in [-0.3, -0.25) is 0 Å². The zero-order valence-corrected chi connectivity index (χ0v) is 14.9. The van der Waals surface area contributed by atoms with Gasteiger partial charge in [-0.15, -0.1) is 0 Å². The summed E-state index contributed by atoms with van der Waals surface area (Å²) in [5.41, 5.74) is 0. The van der Waals surface area contributed by atoms with Crippen molar-refractivity contribution < 1.29 is 0 Å². The first kappa shape index (κ1) is 17.8. The van der Waals surface area contributed by atoms with Crippen molar-refractivity contribution in [3.63, 3.8) is 0 Å². The van der Waals surface area contributed by atoms with Gasteiger partial charge < -0.3 is 0 Å². The molecule has 0 N–H and O–H groups in total. The summed E-state index contributed by atoms with van der Waals surface area (Å²) in [6.45, 7) is 4.60. The van der Waals surface area contributed by atoms with E-state index in [4.69, 9.17) is 0 Å². The van der Waals surface area contributed by atoms with Gasteiger partial charge in [-0.05, 0) is 0 Å². The summed E-state index contributed by atoms with van der Waals surface area (Å²) in [5, 5.41) is 0. The third kappa shape index (κ3) is 16.8. The number of unbranched alkanes of at least 4 members (excludes halogenated alkanes) is 10. The Morgan fingerprint density at radius 2 is 0.824 bits per heavy atom. The molecule has 0 fully saturated rings. The quantitative estimate of drug-likeness (QED) is 0.257. The van der Waals surface area contributed by atoms with Gasteiger partial charge in [-0.1, -0.05) is 0 Å². The molecule has 0 saturated carbocycles. The van der Waals surface area contributed by atoms with E-state index < -0.39 is 0 Å². The normalized spacial score (nSPS) is 10.9. The molecule has 0 saturated heterocycles. The van der Waals surface area contributed by atoms with Crippen LogP contribution >= 0.6 is 0 Å². The van der Waals surface area contributed by atoms with Crippen molar-refractivity contribution in [2.24, 2.45) is 0 Å². The van der Waals surface area contributed by atoms with Gasteiger partial charge in [0.05, 0.1) is 0 Å². The van der Waals surface area contributed by atoms with Gasteiger partial charge >= 0.3 is 121 Å². The summed E-state index contributed by atoms with van der Waals surface area (Å²) in [6, 6.07) is 0. The Kier molecular flexibility index (Phi) is 17.6. The summed E-state index contributed by atoms with van der Waals surface area (Å²) < 4.78 is 3.27. The molecular formula is C16H34Sb. The number of hydrogen-bond donors (Lipinski definition) is 0. The Morgan fingerprint density at radius 3 is 1.24 bits per heavy atom. The van der Waals surface area contributed by atoms with Gasteiger partial charge in [0, 0.05) is 0 Å². The maximum absolute atomic E-state index is 2.30. The summed E-state index contributed by atoms with van der Waals surface area (Å²) >= 11 is 0.240. The molecule has 0 amide bonds. The molecule has 0 aromatic carbocycles. The van der Waals surface area contributed by atoms with E-state index in [0.29, 0.717) is 0 Å². The van der Waals surface area contributed by atoms with Crippen molar-refractivity contribution in [2.45, 2.75) is 99.6 Å². The molecule has 1 radical (unpaired) electrons. The molecule has 0 aliphatic heterocycles. The minimum atomic E-state index is 0.240. The van der Waals surface area contributed by atoms with Gasteiger partial charge in [-0.2, -0.15) is 0 Å². The van der Waals surface area contributed by atoms with E-state index in [1.807, 2.05) is 0 Å². The van der Waals surface area contributed by atoms with Crippen LogP contribution in [0.1, 0.15) is 90.9 Å². The molecule has 0 aromatic rings. The summed E-state index contributed by atoms with van der Waals surface area (Å²) in [6.07, 6.45) is 17.8. The fraction of sp³-hybridized carbons (Fsp3) is 1.00. The SMILES string of the molecule is CCCCCCC[CH2][Sb][CH2]CCCCCCC. The second kappa shape index (κ2) is 16.8. The molecule has 0 atom stereocenters. The molecule has 0 nitrogen and oxygen atoms in total. The maximum atomic E-state index is 2.30. The van der Waals surface area contributed by atoms with Gasteiger partial charge in [0.25, 0.3) is 0 Å². The average Bonchev–Trinajstić information content (AvgIpc) is 2.35. The first-order chi connectivity index (χ1) is 8.41.